The van der Waals surface area contributed by atoms with E-state index >= 15 is 0 Å². The first kappa shape index (κ1) is 15.3. The van der Waals surface area contributed by atoms with E-state index in [0.29, 0.717) is 19.4 Å². The first-order valence-corrected chi connectivity index (χ1v) is 5.53. The van der Waals surface area contributed by atoms with Crippen LogP contribution in [0.5, 0.6) is 0 Å². The van der Waals surface area contributed by atoms with Gasteiger partial charge in [0.15, 0.2) is 0 Å². The predicted octanol–water partition coefficient (Wildman–Crippen LogP) is 0.0511. The largest absolute Gasteiger partial charge is 0.393 e. The zero-order chi connectivity index (χ0) is 12.6. The third kappa shape index (κ3) is 8.64. The third-order valence-corrected chi connectivity index (χ3v) is 2.30. The molecule has 0 saturated heterocycles. The van der Waals surface area contributed by atoms with Gasteiger partial charge in [0.25, 0.3) is 0 Å². The van der Waals surface area contributed by atoms with Crippen molar-refractivity contribution in [3.63, 3.8) is 0 Å². The van der Waals surface area contributed by atoms with E-state index in [-0.39, 0.29) is 18.9 Å². The fourth-order valence-corrected chi connectivity index (χ4v) is 1.13. The maximum atomic E-state index is 11.3. The van der Waals surface area contributed by atoms with Gasteiger partial charge in [-0.3, -0.25) is 4.79 Å². The highest BCUT2D eigenvalue weighted by Gasteiger charge is 2.20. The lowest BCUT2D eigenvalue weighted by molar-refractivity contribution is -0.122. The van der Waals surface area contributed by atoms with Crippen molar-refractivity contribution in [2.75, 3.05) is 20.3 Å². The molecule has 0 aromatic rings. The molecule has 0 radical (unpaired) electrons. The van der Waals surface area contributed by atoms with Crippen LogP contribution in [0.1, 0.15) is 33.1 Å². The molecule has 0 aliphatic rings. The van der Waals surface area contributed by atoms with Gasteiger partial charge < -0.3 is 20.3 Å². The molecule has 0 bridgehead atoms. The van der Waals surface area contributed by atoms with Crippen molar-refractivity contribution in [3.8, 4) is 0 Å². The van der Waals surface area contributed by atoms with Crippen molar-refractivity contribution >= 4 is 5.91 Å². The van der Waals surface area contributed by atoms with Crippen LogP contribution in [0.3, 0.4) is 0 Å². The first-order valence-electron chi connectivity index (χ1n) is 5.53. The van der Waals surface area contributed by atoms with E-state index in [0.717, 1.165) is 0 Å². The summed E-state index contributed by atoms with van der Waals surface area (Å²) in [6.45, 7) is 3.95. The van der Waals surface area contributed by atoms with Gasteiger partial charge in [-0.2, -0.15) is 0 Å². The standard InChI is InChI=1S/C11H23NO4/c1-9(13)4-5-10(14)12-8-11(2,15)6-7-16-3/h9,13,15H,4-8H2,1-3H3,(H,12,14). The summed E-state index contributed by atoms with van der Waals surface area (Å²) in [4.78, 5) is 11.3. The van der Waals surface area contributed by atoms with Gasteiger partial charge in [-0.05, 0) is 20.3 Å². The zero-order valence-corrected chi connectivity index (χ0v) is 10.3. The Bertz CT molecular complexity index is 204. The van der Waals surface area contributed by atoms with Crippen LogP contribution in [0.15, 0.2) is 0 Å². The topological polar surface area (TPSA) is 78.8 Å². The second kappa shape index (κ2) is 7.60. The molecule has 16 heavy (non-hydrogen) atoms. The molecule has 2 unspecified atom stereocenters. The molecule has 3 N–H and O–H groups in total. The molecule has 0 rings (SSSR count). The highest BCUT2D eigenvalue weighted by atomic mass is 16.5. The fourth-order valence-electron chi connectivity index (χ4n) is 1.13. The van der Waals surface area contributed by atoms with E-state index in [4.69, 9.17) is 9.84 Å². The minimum Gasteiger partial charge on any atom is -0.393 e. The summed E-state index contributed by atoms with van der Waals surface area (Å²) in [7, 11) is 1.57. The van der Waals surface area contributed by atoms with Gasteiger partial charge in [-0.1, -0.05) is 0 Å². The number of hydrogen-bond acceptors (Lipinski definition) is 4. The fraction of sp³-hybridized carbons (Fsp3) is 0.909. The van der Waals surface area contributed by atoms with Gasteiger partial charge >= 0.3 is 0 Å². The molecule has 0 aromatic heterocycles. The minimum absolute atomic E-state index is 0.154. The van der Waals surface area contributed by atoms with Crippen LogP contribution in [-0.2, 0) is 9.53 Å². The molecular formula is C11H23NO4. The van der Waals surface area contributed by atoms with Crippen molar-refractivity contribution < 1.29 is 19.7 Å². The average Bonchev–Trinajstić information content (AvgIpc) is 2.21. The summed E-state index contributed by atoms with van der Waals surface area (Å²) < 4.78 is 4.86. The highest BCUT2D eigenvalue weighted by molar-refractivity contribution is 5.75. The molecule has 96 valence electrons. The summed E-state index contributed by atoms with van der Waals surface area (Å²) in [5.41, 5.74) is -0.948. The maximum Gasteiger partial charge on any atom is 0.220 e. The molecule has 0 aliphatic heterocycles. The van der Waals surface area contributed by atoms with Gasteiger partial charge in [0.1, 0.15) is 0 Å². The molecule has 0 saturated carbocycles. The van der Waals surface area contributed by atoms with Crippen LogP contribution >= 0.6 is 0 Å². The smallest absolute Gasteiger partial charge is 0.220 e. The number of aliphatic hydroxyl groups excluding tert-OH is 1. The molecule has 0 heterocycles. The molecule has 0 aliphatic carbocycles. The van der Waals surface area contributed by atoms with Gasteiger partial charge in [-0.15, -0.1) is 0 Å². The number of carbonyl (C=O) groups is 1. The molecule has 0 fully saturated rings. The van der Waals surface area contributed by atoms with E-state index in [1.54, 1.807) is 21.0 Å². The zero-order valence-electron chi connectivity index (χ0n) is 10.3. The number of carbonyl (C=O) groups excluding carboxylic acids is 1. The van der Waals surface area contributed by atoms with E-state index < -0.39 is 11.7 Å². The van der Waals surface area contributed by atoms with Crippen molar-refractivity contribution in [2.24, 2.45) is 0 Å². The van der Waals surface area contributed by atoms with Crippen molar-refractivity contribution in [3.05, 3.63) is 0 Å². The van der Waals surface area contributed by atoms with Crippen LogP contribution in [-0.4, -0.2) is 48.1 Å². The van der Waals surface area contributed by atoms with Crippen LogP contribution in [0, 0.1) is 0 Å². The van der Waals surface area contributed by atoms with E-state index in [2.05, 4.69) is 5.32 Å². The quantitative estimate of drug-likeness (QED) is 0.553. The molecule has 0 aromatic carbocycles. The summed E-state index contributed by atoms with van der Waals surface area (Å²) in [6.07, 6.45) is 0.712. The highest BCUT2D eigenvalue weighted by Crippen LogP contribution is 2.07. The Labute approximate surface area is 96.8 Å². The molecule has 5 nitrogen and oxygen atoms in total. The predicted molar refractivity (Wildman–Crippen MR) is 61.0 cm³/mol. The van der Waals surface area contributed by atoms with Crippen LogP contribution in [0.4, 0.5) is 0 Å². The van der Waals surface area contributed by atoms with E-state index in [1.165, 1.54) is 0 Å². The number of rotatable bonds is 8. The average molecular weight is 233 g/mol. The lowest BCUT2D eigenvalue weighted by Crippen LogP contribution is -2.41. The number of ether oxygens (including phenoxy) is 1. The lowest BCUT2D eigenvalue weighted by Gasteiger charge is -2.23. The Morgan fingerprint density at radius 3 is 2.69 bits per heavy atom. The second-order valence-corrected chi connectivity index (χ2v) is 4.40. The number of methoxy groups -OCH3 is 1. The number of hydrogen-bond donors (Lipinski definition) is 3. The molecule has 0 spiro atoms. The molecule has 1 amide bonds. The summed E-state index contributed by atoms with van der Waals surface area (Å²) in [6, 6.07) is 0. The van der Waals surface area contributed by atoms with Gasteiger partial charge in [0.2, 0.25) is 5.91 Å². The number of aliphatic hydroxyl groups is 2. The van der Waals surface area contributed by atoms with Crippen molar-refractivity contribution in [2.45, 2.75) is 44.8 Å². The molecule has 5 heteroatoms. The SMILES string of the molecule is COCCC(C)(O)CNC(=O)CCC(C)O. The third-order valence-electron chi connectivity index (χ3n) is 2.30. The summed E-state index contributed by atoms with van der Waals surface area (Å²) in [5, 5.41) is 21.5. The Kier molecular flexibility index (Phi) is 7.29. The van der Waals surface area contributed by atoms with Crippen molar-refractivity contribution in [1.29, 1.82) is 0 Å². The summed E-state index contributed by atoms with van der Waals surface area (Å²) >= 11 is 0. The Hall–Kier alpha value is -0.650. The van der Waals surface area contributed by atoms with Gasteiger partial charge in [0, 0.05) is 33.1 Å². The van der Waals surface area contributed by atoms with Crippen LogP contribution in [0.2, 0.25) is 0 Å². The molecular weight excluding hydrogens is 210 g/mol. The lowest BCUT2D eigenvalue weighted by atomic mass is 10.0. The molecule has 2 atom stereocenters. The van der Waals surface area contributed by atoms with Gasteiger partial charge in [0.05, 0.1) is 11.7 Å². The maximum absolute atomic E-state index is 11.3. The van der Waals surface area contributed by atoms with Crippen LogP contribution in [0.25, 0.3) is 0 Å². The Morgan fingerprint density at radius 1 is 1.56 bits per heavy atom. The monoisotopic (exact) mass is 233 g/mol. The first-order chi connectivity index (χ1) is 7.37. The Morgan fingerprint density at radius 2 is 2.19 bits per heavy atom. The normalized spacial score (nSPS) is 16.6. The van der Waals surface area contributed by atoms with E-state index in [9.17, 15) is 9.90 Å². The van der Waals surface area contributed by atoms with Gasteiger partial charge in [-0.25, -0.2) is 0 Å². The number of nitrogens with one attached hydrogen (secondary N) is 1. The number of amides is 1. The summed E-state index contributed by atoms with van der Waals surface area (Å²) in [5.74, 6) is -0.154. The van der Waals surface area contributed by atoms with E-state index in [1.807, 2.05) is 0 Å². The Balaban J connectivity index is 3.72. The second-order valence-electron chi connectivity index (χ2n) is 4.40. The van der Waals surface area contributed by atoms with Crippen LogP contribution < -0.4 is 5.32 Å². The minimum atomic E-state index is -0.948. The van der Waals surface area contributed by atoms with Crippen molar-refractivity contribution in [1.82, 2.24) is 5.32 Å².